The molecular weight excluding hydrogens is 210 g/mol. The van der Waals surface area contributed by atoms with Crippen LogP contribution in [0.4, 0.5) is 5.69 Å². The second kappa shape index (κ2) is 4.09. The van der Waals surface area contributed by atoms with Gasteiger partial charge in [-0.25, -0.2) is 0 Å². The van der Waals surface area contributed by atoms with Crippen molar-refractivity contribution < 1.29 is 10.0 Å². The maximum atomic E-state index is 10.4. The number of anilines is 1. The summed E-state index contributed by atoms with van der Waals surface area (Å²) in [5.41, 5.74) is 0.816. The van der Waals surface area contributed by atoms with Gasteiger partial charge in [-0.05, 0) is 24.3 Å². The highest BCUT2D eigenvalue weighted by molar-refractivity contribution is 5.54. The van der Waals surface area contributed by atoms with Gasteiger partial charge in [0.15, 0.2) is 5.82 Å². The van der Waals surface area contributed by atoms with E-state index in [1.54, 1.807) is 29.2 Å². The molecule has 16 heavy (non-hydrogen) atoms. The minimum atomic E-state index is -0.485. The van der Waals surface area contributed by atoms with Gasteiger partial charge in [0.25, 0.3) is 6.20 Å². The van der Waals surface area contributed by atoms with E-state index in [1.807, 2.05) is 0 Å². The number of nitrogens with zero attached hydrogens (tertiary/aromatic N) is 2. The Labute approximate surface area is 92.0 Å². The third-order valence-corrected chi connectivity index (χ3v) is 2.32. The first-order valence-corrected chi connectivity index (χ1v) is 4.82. The van der Waals surface area contributed by atoms with Gasteiger partial charge in [0.05, 0.1) is 4.92 Å². The van der Waals surface area contributed by atoms with E-state index in [0.717, 1.165) is 11.9 Å². The van der Waals surface area contributed by atoms with Gasteiger partial charge in [-0.1, -0.05) is 0 Å². The van der Waals surface area contributed by atoms with E-state index >= 15 is 0 Å². The van der Waals surface area contributed by atoms with Crippen LogP contribution in [-0.2, 0) is 0 Å². The molecule has 1 aliphatic heterocycles. The lowest BCUT2D eigenvalue weighted by Gasteiger charge is -2.16. The lowest BCUT2D eigenvalue weighted by Crippen LogP contribution is -2.19. The average molecular weight is 221 g/mol. The van der Waals surface area contributed by atoms with Crippen LogP contribution in [0, 0.1) is 10.1 Å². The number of phenolic OH excluding ortho intramolecular Hbond substituents is 1. The summed E-state index contributed by atoms with van der Waals surface area (Å²) in [6.07, 6.45) is 0.944. The number of hydrogen-bond donors (Lipinski definition) is 2. The van der Waals surface area contributed by atoms with Gasteiger partial charge in [-0.15, -0.1) is 0 Å². The summed E-state index contributed by atoms with van der Waals surface area (Å²) in [5, 5.41) is 22.5. The van der Waals surface area contributed by atoms with E-state index in [1.165, 1.54) is 0 Å². The molecule has 84 valence electrons. The first-order valence-electron chi connectivity index (χ1n) is 4.82. The Morgan fingerprint density at radius 1 is 1.44 bits per heavy atom. The van der Waals surface area contributed by atoms with E-state index in [0.29, 0.717) is 18.9 Å². The third kappa shape index (κ3) is 2.05. The zero-order valence-corrected chi connectivity index (χ0v) is 8.46. The Morgan fingerprint density at radius 3 is 2.75 bits per heavy atom. The van der Waals surface area contributed by atoms with Gasteiger partial charge < -0.3 is 15.3 Å². The van der Waals surface area contributed by atoms with Crippen LogP contribution in [0.1, 0.15) is 0 Å². The quantitative estimate of drug-likeness (QED) is 0.572. The smallest absolute Gasteiger partial charge is 0.274 e. The molecule has 0 unspecified atom stereocenters. The second-order valence-corrected chi connectivity index (χ2v) is 3.39. The molecule has 2 rings (SSSR count). The van der Waals surface area contributed by atoms with Crippen molar-refractivity contribution in [3.63, 3.8) is 0 Å². The van der Waals surface area contributed by atoms with Crippen molar-refractivity contribution in [1.29, 1.82) is 0 Å². The van der Waals surface area contributed by atoms with Crippen LogP contribution in [0.5, 0.6) is 5.75 Å². The van der Waals surface area contributed by atoms with Crippen molar-refractivity contribution in [3.05, 3.63) is 46.4 Å². The summed E-state index contributed by atoms with van der Waals surface area (Å²) in [4.78, 5) is 11.7. The van der Waals surface area contributed by atoms with Crippen molar-refractivity contribution in [3.8, 4) is 5.75 Å². The number of phenols is 1. The van der Waals surface area contributed by atoms with Gasteiger partial charge in [-0.3, -0.25) is 10.1 Å². The molecule has 1 saturated heterocycles. The fourth-order valence-electron chi connectivity index (χ4n) is 1.63. The molecule has 0 bridgehead atoms. The largest absolute Gasteiger partial charge is 0.508 e. The fourth-order valence-corrected chi connectivity index (χ4v) is 1.63. The van der Waals surface area contributed by atoms with Crippen LogP contribution < -0.4 is 10.2 Å². The molecule has 1 aromatic carbocycles. The minimum absolute atomic E-state index is 0.177. The Balaban J connectivity index is 2.26. The molecule has 0 saturated carbocycles. The monoisotopic (exact) mass is 221 g/mol. The fraction of sp³-hybridized carbons (Fsp3) is 0.200. The number of nitrogens with one attached hydrogen (secondary N) is 1. The number of rotatable bonds is 2. The molecule has 0 amide bonds. The second-order valence-electron chi connectivity index (χ2n) is 3.39. The highest BCUT2D eigenvalue weighted by atomic mass is 16.6. The normalized spacial score (nSPS) is 17.5. The predicted molar refractivity (Wildman–Crippen MR) is 58.5 cm³/mol. The molecule has 0 atom stereocenters. The average Bonchev–Trinajstić information content (AvgIpc) is 2.66. The number of benzene rings is 1. The molecule has 0 aromatic heterocycles. The molecule has 6 heteroatoms. The lowest BCUT2D eigenvalue weighted by molar-refractivity contribution is -0.403. The van der Waals surface area contributed by atoms with Crippen molar-refractivity contribution in [2.45, 2.75) is 0 Å². The van der Waals surface area contributed by atoms with Crippen molar-refractivity contribution in [2.75, 3.05) is 18.0 Å². The third-order valence-electron chi connectivity index (χ3n) is 2.32. The lowest BCUT2D eigenvalue weighted by atomic mass is 10.3. The molecule has 0 radical (unpaired) electrons. The highest BCUT2D eigenvalue weighted by Gasteiger charge is 2.20. The summed E-state index contributed by atoms with van der Waals surface area (Å²) < 4.78 is 0. The van der Waals surface area contributed by atoms with Gasteiger partial charge >= 0.3 is 0 Å². The van der Waals surface area contributed by atoms with Crippen LogP contribution in [-0.4, -0.2) is 23.1 Å². The van der Waals surface area contributed by atoms with Crippen LogP contribution in [0.25, 0.3) is 0 Å². The Hall–Kier alpha value is -2.24. The van der Waals surface area contributed by atoms with Crippen molar-refractivity contribution >= 4 is 5.69 Å². The van der Waals surface area contributed by atoms with Crippen LogP contribution in [0.15, 0.2) is 36.3 Å². The Bertz CT molecular complexity index is 427. The van der Waals surface area contributed by atoms with Crippen molar-refractivity contribution in [2.24, 2.45) is 0 Å². The topological polar surface area (TPSA) is 78.6 Å². The first kappa shape index (κ1) is 10.3. The van der Waals surface area contributed by atoms with E-state index in [2.05, 4.69) is 5.32 Å². The summed E-state index contributed by atoms with van der Waals surface area (Å²) in [7, 11) is 0. The summed E-state index contributed by atoms with van der Waals surface area (Å²) >= 11 is 0. The molecule has 2 N–H and O–H groups in total. The molecule has 1 heterocycles. The van der Waals surface area contributed by atoms with Gasteiger partial charge in [0.2, 0.25) is 0 Å². The number of hydrogen-bond acceptors (Lipinski definition) is 5. The highest BCUT2D eigenvalue weighted by Crippen LogP contribution is 2.22. The molecule has 1 aromatic rings. The summed E-state index contributed by atoms with van der Waals surface area (Å²) in [6, 6.07) is 6.54. The van der Waals surface area contributed by atoms with E-state index in [4.69, 9.17) is 5.11 Å². The standard InChI is InChI=1S/C10H11N3O3/c14-9-3-1-8(2-4-9)12-6-5-11-10(12)7-13(15)16/h1-4,7,11,14H,5-6H2. The van der Waals surface area contributed by atoms with Gasteiger partial charge in [0.1, 0.15) is 5.75 Å². The Morgan fingerprint density at radius 2 is 2.12 bits per heavy atom. The van der Waals surface area contributed by atoms with E-state index in [9.17, 15) is 10.1 Å². The van der Waals surface area contributed by atoms with Crippen LogP contribution >= 0.6 is 0 Å². The SMILES string of the molecule is O=[N+]([O-])C=C1NCCN1c1ccc(O)cc1. The maximum absolute atomic E-state index is 10.4. The Kier molecular flexibility index (Phi) is 2.63. The molecule has 1 fully saturated rings. The number of nitro groups is 1. The van der Waals surface area contributed by atoms with Crippen molar-refractivity contribution in [1.82, 2.24) is 5.32 Å². The molecule has 0 spiro atoms. The maximum Gasteiger partial charge on any atom is 0.274 e. The molecular formula is C10H11N3O3. The first-order chi connectivity index (χ1) is 7.66. The van der Waals surface area contributed by atoms with Gasteiger partial charge in [0, 0.05) is 18.8 Å². The zero-order valence-electron chi connectivity index (χ0n) is 8.46. The summed E-state index contributed by atoms with van der Waals surface area (Å²) in [5.74, 6) is 0.645. The van der Waals surface area contributed by atoms with E-state index < -0.39 is 4.92 Å². The van der Waals surface area contributed by atoms with Crippen LogP contribution in [0.2, 0.25) is 0 Å². The molecule has 1 aliphatic rings. The van der Waals surface area contributed by atoms with E-state index in [-0.39, 0.29) is 5.75 Å². The molecule has 0 aliphatic carbocycles. The zero-order chi connectivity index (χ0) is 11.5. The minimum Gasteiger partial charge on any atom is -0.508 e. The molecule has 6 nitrogen and oxygen atoms in total. The predicted octanol–water partition coefficient (Wildman–Crippen LogP) is 0.877. The number of aromatic hydroxyl groups is 1. The summed E-state index contributed by atoms with van der Waals surface area (Å²) in [6.45, 7) is 1.34. The van der Waals surface area contributed by atoms with Gasteiger partial charge in [-0.2, -0.15) is 0 Å². The van der Waals surface area contributed by atoms with Crippen LogP contribution in [0.3, 0.4) is 0 Å².